The first kappa shape index (κ1) is 27.8. The summed E-state index contributed by atoms with van der Waals surface area (Å²) in [6.45, 7) is 0.350. The zero-order chi connectivity index (χ0) is 28.8. The van der Waals surface area contributed by atoms with Crippen LogP contribution in [0.4, 0.5) is 13.2 Å². The van der Waals surface area contributed by atoms with Crippen LogP contribution in [-0.2, 0) is 25.7 Å². The molecule has 1 N–H and O–H groups in total. The van der Waals surface area contributed by atoms with E-state index in [1.807, 2.05) is 30.3 Å². The van der Waals surface area contributed by atoms with Crippen molar-refractivity contribution in [3.63, 3.8) is 0 Å². The summed E-state index contributed by atoms with van der Waals surface area (Å²) in [5.41, 5.74) is 1.96. The van der Waals surface area contributed by atoms with Gasteiger partial charge in [-0.1, -0.05) is 60.7 Å². The van der Waals surface area contributed by atoms with Gasteiger partial charge in [-0.2, -0.15) is 13.2 Å². The molecule has 4 aromatic carbocycles. The maximum absolute atomic E-state index is 13.8. The Labute approximate surface area is 235 Å². The van der Waals surface area contributed by atoms with Crippen molar-refractivity contribution in [2.24, 2.45) is 0 Å². The van der Waals surface area contributed by atoms with Crippen molar-refractivity contribution in [3.8, 4) is 11.5 Å². The number of carbonyl (C=O) groups excluding carboxylic acids is 1. The van der Waals surface area contributed by atoms with E-state index in [4.69, 9.17) is 9.47 Å². The highest BCUT2D eigenvalue weighted by molar-refractivity contribution is 5.97. The third kappa shape index (κ3) is 6.51. The molecule has 0 saturated carbocycles. The van der Waals surface area contributed by atoms with Crippen molar-refractivity contribution in [1.29, 1.82) is 0 Å². The van der Waals surface area contributed by atoms with Crippen LogP contribution in [0.15, 0.2) is 97.1 Å². The summed E-state index contributed by atoms with van der Waals surface area (Å²) in [5.74, 6) is 1.14. The quantitative estimate of drug-likeness (QED) is 0.208. The highest BCUT2D eigenvalue weighted by Crippen LogP contribution is 2.33. The smallest absolute Gasteiger partial charge is 0.416 e. The molecule has 5 aromatic rings. The number of methoxy groups -OCH3 is 1. The minimum Gasteiger partial charge on any atom is -0.493 e. The van der Waals surface area contributed by atoms with Gasteiger partial charge in [0.05, 0.1) is 30.3 Å². The zero-order valence-corrected chi connectivity index (χ0v) is 22.3. The first-order valence-corrected chi connectivity index (χ1v) is 13.1. The van der Waals surface area contributed by atoms with E-state index in [0.29, 0.717) is 46.9 Å². The minimum atomic E-state index is -4.51. The summed E-state index contributed by atoms with van der Waals surface area (Å²) in [5, 5.41) is 2.92. The van der Waals surface area contributed by atoms with Gasteiger partial charge in [0.2, 0.25) is 0 Å². The molecular formula is C32H28F3N3O3. The molecule has 1 heterocycles. The van der Waals surface area contributed by atoms with Crippen LogP contribution in [0, 0.1) is 0 Å². The summed E-state index contributed by atoms with van der Waals surface area (Å²) in [6, 6.07) is 27.4. The van der Waals surface area contributed by atoms with Gasteiger partial charge in [0.15, 0.2) is 11.5 Å². The molecule has 9 heteroatoms. The molecular weight excluding hydrogens is 531 g/mol. The first-order chi connectivity index (χ1) is 19.8. The standard InChI is InChI=1S/C32H28F3N3O3/c1-40-28-13-7-8-14-29(28)41-21-30-37-26-19-23(31(39)36-18-17-22-9-3-2-4-10-22)15-16-27(26)38(30)20-24-11-5-6-12-25(24)32(33,34)35/h2-16,19H,17-18,20-21H2,1H3,(H,36,39). The van der Waals surface area contributed by atoms with Crippen molar-refractivity contribution in [2.45, 2.75) is 25.7 Å². The lowest BCUT2D eigenvalue weighted by Gasteiger charge is -2.16. The van der Waals surface area contributed by atoms with Crippen molar-refractivity contribution in [3.05, 3.63) is 125 Å². The van der Waals surface area contributed by atoms with Crippen molar-refractivity contribution >= 4 is 16.9 Å². The molecule has 0 saturated heterocycles. The number of halogens is 3. The Morgan fingerprint density at radius 2 is 1.61 bits per heavy atom. The number of ether oxygens (including phenoxy) is 2. The van der Waals surface area contributed by atoms with E-state index in [2.05, 4.69) is 10.3 Å². The number of carbonyl (C=O) groups is 1. The van der Waals surface area contributed by atoms with Gasteiger partial charge < -0.3 is 19.4 Å². The summed E-state index contributed by atoms with van der Waals surface area (Å²) >= 11 is 0. The molecule has 0 bridgehead atoms. The second-order valence-electron chi connectivity index (χ2n) is 9.40. The Hall–Kier alpha value is -4.79. The summed E-state index contributed by atoms with van der Waals surface area (Å²) in [4.78, 5) is 17.6. The highest BCUT2D eigenvalue weighted by Gasteiger charge is 2.33. The second kappa shape index (κ2) is 12.2. The number of benzene rings is 4. The molecule has 210 valence electrons. The lowest BCUT2D eigenvalue weighted by Crippen LogP contribution is -2.25. The normalized spacial score (nSPS) is 11.4. The number of fused-ring (bicyclic) bond motifs is 1. The zero-order valence-electron chi connectivity index (χ0n) is 22.3. The van der Waals surface area contributed by atoms with E-state index in [-0.39, 0.29) is 24.6 Å². The Balaban J connectivity index is 1.44. The maximum Gasteiger partial charge on any atom is 0.416 e. The topological polar surface area (TPSA) is 65.4 Å². The lowest BCUT2D eigenvalue weighted by molar-refractivity contribution is -0.138. The fourth-order valence-electron chi connectivity index (χ4n) is 4.66. The first-order valence-electron chi connectivity index (χ1n) is 13.1. The van der Waals surface area contributed by atoms with Crippen molar-refractivity contribution in [1.82, 2.24) is 14.9 Å². The van der Waals surface area contributed by atoms with Crippen LogP contribution in [0.3, 0.4) is 0 Å². The molecule has 0 atom stereocenters. The predicted molar refractivity (Wildman–Crippen MR) is 150 cm³/mol. The van der Waals surface area contributed by atoms with Crippen LogP contribution in [-0.4, -0.2) is 29.1 Å². The van der Waals surface area contributed by atoms with Crippen LogP contribution >= 0.6 is 0 Å². The molecule has 0 unspecified atom stereocenters. The number of hydrogen-bond donors (Lipinski definition) is 1. The molecule has 1 aromatic heterocycles. The molecule has 41 heavy (non-hydrogen) atoms. The maximum atomic E-state index is 13.8. The monoisotopic (exact) mass is 559 g/mol. The molecule has 0 aliphatic rings. The van der Waals surface area contributed by atoms with Gasteiger partial charge in [-0.15, -0.1) is 0 Å². The number of nitrogens with one attached hydrogen (secondary N) is 1. The van der Waals surface area contributed by atoms with E-state index in [9.17, 15) is 18.0 Å². The van der Waals surface area contributed by atoms with Crippen LogP contribution < -0.4 is 14.8 Å². The van der Waals surface area contributed by atoms with Crippen LogP contribution in [0.2, 0.25) is 0 Å². The van der Waals surface area contributed by atoms with E-state index >= 15 is 0 Å². The van der Waals surface area contributed by atoms with Gasteiger partial charge >= 0.3 is 6.18 Å². The molecule has 0 aliphatic heterocycles. The molecule has 6 nitrogen and oxygen atoms in total. The fraction of sp³-hybridized carbons (Fsp3) is 0.188. The fourth-order valence-corrected chi connectivity index (χ4v) is 4.66. The molecule has 5 rings (SSSR count). The van der Waals surface area contributed by atoms with Gasteiger partial charge in [0.1, 0.15) is 12.4 Å². The van der Waals surface area contributed by atoms with E-state index in [1.165, 1.54) is 19.2 Å². The van der Waals surface area contributed by atoms with Gasteiger partial charge in [0.25, 0.3) is 5.91 Å². The number of amides is 1. The average Bonchev–Trinajstić information content (AvgIpc) is 3.32. The van der Waals surface area contributed by atoms with Gasteiger partial charge in [-0.25, -0.2) is 4.98 Å². The third-order valence-corrected chi connectivity index (χ3v) is 6.71. The Bertz CT molecular complexity index is 1650. The van der Waals surface area contributed by atoms with Crippen molar-refractivity contribution in [2.75, 3.05) is 13.7 Å². The third-order valence-electron chi connectivity index (χ3n) is 6.71. The largest absolute Gasteiger partial charge is 0.493 e. The number of aromatic nitrogens is 2. The van der Waals surface area contributed by atoms with Gasteiger partial charge in [-0.3, -0.25) is 4.79 Å². The van der Waals surface area contributed by atoms with Crippen molar-refractivity contribution < 1.29 is 27.4 Å². The lowest BCUT2D eigenvalue weighted by atomic mass is 10.1. The number of hydrogen-bond acceptors (Lipinski definition) is 4. The number of rotatable bonds is 10. The number of nitrogens with zero attached hydrogens (tertiary/aromatic N) is 2. The van der Waals surface area contributed by atoms with Crippen LogP contribution in [0.5, 0.6) is 11.5 Å². The minimum absolute atomic E-state index is 0.0259. The molecule has 1 amide bonds. The second-order valence-corrected chi connectivity index (χ2v) is 9.40. The Kier molecular flexibility index (Phi) is 8.24. The number of para-hydroxylation sites is 2. The Morgan fingerprint density at radius 1 is 0.902 bits per heavy atom. The van der Waals surface area contributed by atoms with Crippen LogP contribution in [0.1, 0.15) is 32.9 Å². The Morgan fingerprint density at radius 3 is 2.37 bits per heavy atom. The summed E-state index contributed by atoms with van der Waals surface area (Å²) in [7, 11) is 1.53. The predicted octanol–water partition coefficient (Wildman–Crippen LogP) is 6.66. The van der Waals surface area contributed by atoms with E-state index < -0.39 is 11.7 Å². The van der Waals surface area contributed by atoms with Gasteiger partial charge in [-0.05, 0) is 53.9 Å². The SMILES string of the molecule is COc1ccccc1OCc1nc2cc(C(=O)NCCc3ccccc3)ccc2n1Cc1ccccc1C(F)(F)F. The summed E-state index contributed by atoms with van der Waals surface area (Å²) in [6.07, 6.45) is -3.82. The summed E-state index contributed by atoms with van der Waals surface area (Å²) < 4.78 is 54.4. The molecule has 0 aliphatic carbocycles. The van der Waals surface area contributed by atoms with Crippen LogP contribution in [0.25, 0.3) is 11.0 Å². The molecule has 0 spiro atoms. The average molecular weight is 560 g/mol. The molecule has 0 radical (unpaired) electrons. The van der Waals surface area contributed by atoms with E-state index in [1.54, 1.807) is 53.1 Å². The van der Waals surface area contributed by atoms with E-state index in [0.717, 1.165) is 11.6 Å². The highest BCUT2D eigenvalue weighted by atomic mass is 19.4. The number of alkyl halides is 3. The number of imidazole rings is 1. The molecule has 0 fully saturated rings. The van der Waals surface area contributed by atoms with Gasteiger partial charge in [0, 0.05) is 12.1 Å².